The average molecular weight is 391 g/mol. The van der Waals surface area contributed by atoms with Gasteiger partial charge in [-0.25, -0.2) is 0 Å². The molecule has 3 rings (SSSR count). The molecule has 0 spiro atoms. The van der Waals surface area contributed by atoms with Crippen LogP contribution in [0.5, 0.6) is 0 Å². The van der Waals surface area contributed by atoms with Gasteiger partial charge in [0.2, 0.25) is 5.91 Å². The van der Waals surface area contributed by atoms with Gasteiger partial charge < -0.3 is 5.32 Å². The van der Waals surface area contributed by atoms with Crippen LogP contribution in [0.25, 0.3) is 0 Å². The van der Waals surface area contributed by atoms with E-state index in [1.807, 2.05) is 36.4 Å². The van der Waals surface area contributed by atoms with E-state index in [0.29, 0.717) is 22.3 Å². The van der Waals surface area contributed by atoms with Crippen molar-refractivity contribution in [3.8, 4) is 6.07 Å². The van der Waals surface area contributed by atoms with Crippen molar-refractivity contribution in [3.63, 3.8) is 0 Å². The number of carbonyl (C=O) groups is 2. The predicted molar refractivity (Wildman–Crippen MR) is 113 cm³/mol. The van der Waals surface area contributed by atoms with Gasteiger partial charge in [0, 0.05) is 11.4 Å². The molecule has 2 aromatic carbocycles. The highest BCUT2D eigenvalue weighted by molar-refractivity contribution is 8.05. The molecule has 0 aromatic heterocycles. The summed E-state index contributed by atoms with van der Waals surface area (Å²) in [6.45, 7) is 5.97. The van der Waals surface area contributed by atoms with Crippen LogP contribution in [0.1, 0.15) is 32.3 Å². The van der Waals surface area contributed by atoms with Crippen molar-refractivity contribution in [1.29, 1.82) is 5.26 Å². The molecule has 142 valence electrons. The van der Waals surface area contributed by atoms with Gasteiger partial charge in [-0.05, 0) is 42.7 Å². The van der Waals surface area contributed by atoms with Crippen molar-refractivity contribution in [2.45, 2.75) is 31.9 Å². The lowest BCUT2D eigenvalue weighted by molar-refractivity contribution is -0.116. The number of hydrogen-bond donors (Lipinski definition) is 1. The monoisotopic (exact) mass is 391 g/mol. The van der Waals surface area contributed by atoms with E-state index >= 15 is 0 Å². The maximum atomic E-state index is 12.8. The number of nitrogens with zero attached hydrogens (tertiary/aromatic N) is 2. The summed E-state index contributed by atoms with van der Waals surface area (Å²) >= 11 is 1.23. The summed E-state index contributed by atoms with van der Waals surface area (Å²) in [7, 11) is 0. The van der Waals surface area contributed by atoms with Crippen LogP contribution in [0.15, 0.2) is 65.2 Å². The van der Waals surface area contributed by atoms with Crippen LogP contribution in [0, 0.1) is 11.3 Å². The molecular weight excluding hydrogens is 370 g/mol. The van der Waals surface area contributed by atoms with Crippen molar-refractivity contribution >= 4 is 35.0 Å². The Labute approximate surface area is 169 Å². The summed E-state index contributed by atoms with van der Waals surface area (Å²) in [5.41, 5.74) is 2.33. The topological polar surface area (TPSA) is 73.2 Å². The van der Waals surface area contributed by atoms with E-state index in [1.165, 1.54) is 16.7 Å². The quantitative estimate of drug-likeness (QED) is 0.608. The molecule has 0 aliphatic carbocycles. The number of benzene rings is 2. The van der Waals surface area contributed by atoms with Gasteiger partial charge in [-0.1, -0.05) is 55.9 Å². The Morgan fingerprint density at radius 3 is 2.36 bits per heavy atom. The maximum Gasteiger partial charge on any atom is 0.269 e. The number of carbonyl (C=O) groups excluding carboxylic acids is 2. The molecule has 1 fully saturated rings. The minimum atomic E-state index is -0.526. The second-order valence-corrected chi connectivity index (χ2v) is 8.12. The summed E-state index contributed by atoms with van der Waals surface area (Å²) in [6, 6.07) is 18.6. The molecule has 1 heterocycles. The molecule has 1 N–H and O–H groups in total. The first-order valence-corrected chi connectivity index (χ1v) is 9.91. The van der Waals surface area contributed by atoms with Crippen molar-refractivity contribution in [2.24, 2.45) is 0 Å². The van der Waals surface area contributed by atoms with Gasteiger partial charge in [0.1, 0.15) is 16.7 Å². The van der Waals surface area contributed by atoms with E-state index in [0.717, 1.165) is 5.56 Å². The SMILES string of the molecule is CC1S/C(=C(/C#N)C(=O)Nc2ccccc2)N(c2ccc(C(C)C)cc2)C1=O. The molecule has 0 bridgehead atoms. The summed E-state index contributed by atoms with van der Waals surface area (Å²) in [5.74, 6) is -0.294. The molecule has 1 saturated heterocycles. The number of anilines is 2. The fourth-order valence-corrected chi connectivity index (χ4v) is 3.98. The first-order chi connectivity index (χ1) is 13.4. The first-order valence-electron chi connectivity index (χ1n) is 9.03. The molecule has 1 aliphatic rings. The zero-order valence-electron chi connectivity index (χ0n) is 16.0. The van der Waals surface area contributed by atoms with Crippen molar-refractivity contribution < 1.29 is 9.59 Å². The van der Waals surface area contributed by atoms with Crippen LogP contribution >= 0.6 is 11.8 Å². The van der Waals surface area contributed by atoms with Crippen LogP contribution < -0.4 is 10.2 Å². The number of nitrogens with one attached hydrogen (secondary N) is 1. The lowest BCUT2D eigenvalue weighted by atomic mass is 10.0. The zero-order valence-corrected chi connectivity index (χ0v) is 16.8. The predicted octanol–water partition coefficient (Wildman–Crippen LogP) is 4.65. The summed E-state index contributed by atoms with van der Waals surface area (Å²) in [5, 5.41) is 12.4. The van der Waals surface area contributed by atoms with E-state index in [9.17, 15) is 14.9 Å². The van der Waals surface area contributed by atoms with E-state index < -0.39 is 5.91 Å². The number of para-hydroxylation sites is 1. The van der Waals surface area contributed by atoms with E-state index in [2.05, 4.69) is 19.2 Å². The zero-order chi connectivity index (χ0) is 20.3. The third kappa shape index (κ3) is 3.95. The maximum absolute atomic E-state index is 12.8. The van der Waals surface area contributed by atoms with Gasteiger partial charge in [-0.3, -0.25) is 14.5 Å². The van der Waals surface area contributed by atoms with E-state index in [4.69, 9.17) is 0 Å². The number of thioether (sulfide) groups is 1. The van der Waals surface area contributed by atoms with E-state index in [1.54, 1.807) is 31.2 Å². The standard InChI is InChI=1S/C22H21N3O2S/c1-14(2)16-9-11-18(12-10-16)25-21(27)15(3)28-22(25)19(13-23)20(26)24-17-7-5-4-6-8-17/h4-12,14-15H,1-3H3,(H,24,26)/b22-19-. The second kappa shape index (κ2) is 8.32. The Morgan fingerprint density at radius 2 is 1.79 bits per heavy atom. The van der Waals surface area contributed by atoms with Gasteiger partial charge >= 0.3 is 0 Å². The second-order valence-electron chi connectivity index (χ2n) is 6.79. The van der Waals surface area contributed by atoms with E-state index in [-0.39, 0.29) is 16.7 Å². The third-order valence-electron chi connectivity index (χ3n) is 4.46. The molecule has 2 amide bonds. The fourth-order valence-electron chi connectivity index (χ4n) is 2.89. The Morgan fingerprint density at radius 1 is 1.14 bits per heavy atom. The summed E-state index contributed by atoms with van der Waals surface area (Å²) in [6.07, 6.45) is 0. The van der Waals surface area contributed by atoms with Crippen molar-refractivity contribution in [2.75, 3.05) is 10.2 Å². The van der Waals surface area contributed by atoms with Crippen molar-refractivity contribution in [3.05, 3.63) is 70.8 Å². The minimum absolute atomic E-state index is 0.0699. The lowest BCUT2D eigenvalue weighted by Crippen LogP contribution is -2.29. The van der Waals surface area contributed by atoms with Crippen LogP contribution in [-0.2, 0) is 9.59 Å². The number of nitriles is 1. The lowest BCUT2D eigenvalue weighted by Gasteiger charge is -2.19. The van der Waals surface area contributed by atoms with Crippen LogP contribution in [0.3, 0.4) is 0 Å². The highest BCUT2D eigenvalue weighted by Crippen LogP contribution is 2.40. The smallest absolute Gasteiger partial charge is 0.269 e. The molecule has 1 atom stereocenters. The van der Waals surface area contributed by atoms with Gasteiger partial charge in [0.15, 0.2) is 0 Å². The summed E-state index contributed by atoms with van der Waals surface area (Å²) < 4.78 is 0. The van der Waals surface area contributed by atoms with Gasteiger partial charge in [0.05, 0.1) is 5.25 Å². The highest BCUT2D eigenvalue weighted by Gasteiger charge is 2.38. The number of rotatable bonds is 4. The molecule has 0 saturated carbocycles. The molecule has 2 aromatic rings. The number of hydrogen-bond acceptors (Lipinski definition) is 4. The Hall–Kier alpha value is -3.04. The highest BCUT2D eigenvalue weighted by atomic mass is 32.2. The normalized spacial score (nSPS) is 18.2. The Bertz CT molecular complexity index is 960. The van der Waals surface area contributed by atoms with Gasteiger partial charge in [-0.2, -0.15) is 5.26 Å². The Kier molecular flexibility index (Phi) is 5.86. The first kappa shape index (κ1) is 19.7. The van der Waals surface area contributed by atoms with Crippen LogP contribution in [0.4, 0.5) is 11.4 Å². The fraction of sp³-hybridized carbons (Fsp3) is 0.227. The summed E-state index contributed by atoms with van der Waals surface area (Å²) in [4.78, 5) is 27.0. The van der Waals surface area contributed by atoms with Crippen LogP contribution in [-0.4, -0.2) is 17.1 Å². The molecule has 5 nitrogen and oxygen atoms in total. The molecular formula is C22H21N3O2S. The van der Waals surface area contributed by atoms with Crippen molar-refractivity contribution in [1.82, 2.24) is 0 Å². The average Bonchev–Trinajstić information content (AvgIpc) is 2.97. The van der Waals surface area contributed by atoms with Crippen LogP contribution in [0.2, 0.25) is 0 Å². The Balaban J connectivity index is 1.99. The molecule has 1 aliphatic heterocycles. The third-order valence-corrected chi connectivity index (χ3v) is 5.63. The molecule has 28 heavy (non-hydrogen) atoms. The molecule has 6 heteroatoms. The molecule has 1 unspecified atom stereocenters. The largest absolute Gasteiger partial charge is 0.321 e. The van der Waals surface area contributed by atoms with Gasteiger partial charge in [0.25, 0.3) is 5.91 Å². The number of amides is 2. The minimum Gasteiger partial charge on any atom is -0.321 e. The molecule has 0 radical (unpaired) electrons. The van der Waals surface area contributed by atoms with Gasteiger partial charge in [-0.15, -0.1) is 0 Å².